The first-order chi connectivity index (χ1) is 8.75. The summed E-state index contributed by atoms with van der Waals surface area (Å²) in [6.45, 7) is 5.20. The summed E-state index contributed by atoms with van der Waals surface area (Å²) in [7, 11) is 0. The molecule has 0 radical (unpaired) electrons. The Bertz CT molecular complexity index is 551. The number of nitrogens with one attached hydrogen (secondary N) is 1. The molecule has 0 spiro atoms. The largest absolute Gasteiger partial charge is 0.337 e. The van der Waals surface area contributed by atoms with Crippen LogP contribution in [0.5, 0.6) is 0 Å². The maximum atomic E-state index is 5.36. The van der Waals surface area contributed by atoms with Gasteiger partial charge in [0, 0.05) is 6.20 Å². The van der Waals surface area contributed by atoms with Crippen molar-refractivity contribution >= 4 is 0 Å². The van der Waals surface area contributed by atoms with Crippen molar-refractivity contribution in [3.8, 4) is 11.5 Å². The fourth-order valence-corrected chi connectivity index (χ4v) is 2.34. The summed E-state index contributed by atoms with van der Waals surface area (Å²) in [6, 6.07) is 4.07. The Balaban J connectivity index is 1.92. The number of aryl methyl sites for hydroxylation is 1. The molecule has 1 aliphatic rings. The van der Waals surface area contributed by atoms with Crippen LogP contribution in [0.15, 0.2) is 22.9 Å². The van der Waals surface area contributed by atoms with E-state index in [2.05, 4.69) is 27.4 Å². The molecule has 0 aromatic carbocycles. The van der Waals surface area contributed by atoms with Gasteiger partial charge in [0.1, 0.15) is 5.69 Å². The molecule has 1 N–H and O–H groups in total. The second-order valence-corrected chi connectivity index (χ2v) is 4.82. The van der Waals surface area contributed by atoms with Crippen molar-refractivity contribution in [3.63, 3.8) is 0 Å². The Labute approximate surface area is 106 Å². The molecule has 0 saturated carbocycles. The van der Waals surface area contributed by atoms with E-state index in [1.807, 2.05) is 19.1 Å². The van der Waals surface area contributed by atoms with Gasteiger partial charge in [0.2, 0.25) is 11.7 Å². The maximum Gasteiger partial charge on any atom is 0.244 e. The maximum absolute atomic E-state index is 5.36. The Hall–Kier alpha value is -1.75. The molecule has 0 amide bonds. The number of hydrogen-bond acceptors (Lipinski definition) is 5. The lowest BCUT2D eigenvalue weighted by atomic mass is 10.0. The van der Waals surface area contributed by atoms with Crippen LogP contribution in [0.4, 0.5) is 0 Å². The minimum absolute atomic E-state index is 0.176. The number of rotatable bonds is 2. The summed E-state index contributed by atoms with van der Waals surface area (Å²) in [5, 5.41) is 7.42. The van der Waals surface area contributed by atoms with Crippen LogP contribution < -0.4 is 5.32 Å². The van der Waals surface area contributed by atoms with Gasteiger partial charge in [-0.1, -0.05) is 18.1 Å². The van der Waals surface area contributed by atoms with E-state index in [1.54, 1.807) is 6.20 Å². The first kappa shape index (κ1) is 11.3. The highest BCUT2D eigenvalue weighted by Crippen LogP contribution is 2.29. The lowest BCUT2D eigenvalue weighted by Crippen LogP contribution is -2.16. The van der Waals surface area contributed by atoms with E-state index < -0.39 is 0 Å². The second kappa shape index (κ2) is 4.49. The first-order valence-corrected chi connectivity index (χ1v) is 6.24. The van der Waals surface area contributed by atoms with Crippen LogP contribution in [0.2, 0.25) is 0 Å². The van der Waals surface area contributed by atoms with Crippen LogP contribution in [-0.4, -0.2) is 21.7 Å². The van der Waals surface area contributed by atoms with E-state index in [4.69, 9.17) is 4.52 Å². The smallest absolute Gasteiger partial charge is 0.244 e. The van der Waals surface area contributed by atoms with Gasteiger partial charge < -0.3 is 9.84 Å². The predicted octanol–water partition coefficient (Wildman–Crippen LogP) is 2.11. The number of pyridine rings is 1. The molecule has 2 unspecified atom stereocenters. The summed E-state index contributed by atoms with van der Waals surface area (Å²) in [5.74, 6) is 1.77. The van der Waals surface area contributed by atoms with E-state index >= 15 is 0 Å². The summed E-state index contributed by atoms with van der Waals surface area (Å²) >= 11 is 0. The summed E-state index contributed by atoms with van der Waals surface area (Å²) in [4.78, 5) is 8.77. The molecule has 1 aliphatic heterocycles. The molecular weight excluding hydrogens is 228 g/mol. The van der Waals surface area contributed by atoms with Gasteiger partial charge >= 0.3 is 0 Å². The van der Waals surface area contributed by atoms with Crippen molar-refractivity contribution < 1.29 is 4.52 Å². The van der Waals surface area contributed by atoms with Gasteiger partial charge in [-0.15, -0.1) is 0 Å². The molecule has 3 rings (SSSR count). The quantitative estimate of drug-likeness (QED) is 0.876. The summed E-state index contributed by atoms with van der Waals surface area (Å²) in [5.41, 5.74) is 1.84. The lowest BCUT2D eigenvalue weighted by molar-refractivity contribution is 0.319. The molecule has 1 saturated heterocycles. The van der Waals surface area contributed by atoms with Crippen LogP contribution in [0.3, 0.4) is 0 Å². The van der Waals surface area contributed by atoms with E-state index in [0.717, 1.165) is 24.2 Å². The van der Waals surface area contributed by atoms with Crippen molar-refractivity contribution in [3.05, 3.63) is 29.8 Å². The van der Waals surface area contributed by atoms with Crippen LogP contribution in [0, 0.1) is 12.8 Å². The van der Waals surface area contributed by atoms with Gasteiger partial charge in [-0.05, 0) is 37.4 Å². The molecular formula is C13H16N4O. The molecule has 2 atom stereocenters. The Morgan fingerprint density at radius 1 is 1.44 bits per heavy atom. The van der Waals surface area contributed by atoms with Crippen molar-refractivity contribution in [2.45, 2.75) is 26.3 Å². The van der Waals surface area contributed by atoms with Gasteiger partial charge in [-0.3, -0.25) is 4.98 Å². The van der Waals surface area contributed by atoms with Crippen LogP contribution in [0.1, 0.15) is 30.8 Å². The van der Waals surface area contributed by atoms with Crippen LogP contribution in [0.25, 0.3) is 11.5 Å². The Morgan fingerprint density at radius 3 is 3.06 bits per heavy atom. The zero-order valence-corrected chi connectivity index (χ0v) is 10.6. The van der Waals surface area contributed by atoms with Gasteiger partial charge in [-0.25, -0.2) is 0 Å². The van der Waals surface area contributed by atoms with E-state index in [-0.39, 0.29) is 6.04 Å². The standard InChI is InChI=1S/C13H16N4O/c1-8-4-3-6-14-10(8)12-16-13(18-17-12)11-9(2)5-7-15-11/h3-4,6,9,11,15H,5,7H2,1-2H3. The van der Waals surface area contributed by atoms with Crippen molar-refractivity contribution in [1.29, 1.82) is 0 Å². The molecule has 2 aromatic rings. The van der Waals surface area contributed by atoms with Crippen molar-refractivity contribution in [1.82, 2.24) is 20.4 Å². The lowest BCUT2D eigenvalue weighted by Gasteiger charge is -2.09. The van der Waals surface area contributed by atoms with E-state index in [0.29, 0.717) is 17.6 Å². The fourth-order valence-electron chi connectivity index (χ4n) is 2.34. The van der Waals surface area contributed by atoms with Crippen molar-refractivity contribution in [2.24, 2.45) is 5.92 Å². The highest BCUT2D eigenvalue weighted by molar-refractivity contribution is 5.53. The molecule has 1 fully saturated rings. The summed E-state index contributed by atoms with van der Waals surface area (Å²) < 4.78 is 5.36. The third-order valence-corrected chi connectivity index (χ3v) is 3.46. The first-order valence-electron chi connectivity index (χ1n) is 6.24. The summed E-state index contributed by atoms with van der Waals surface area (Å²) in [6.07, 6.45) is 2.89. The Kier molecular flexibility index (Phi) is 2.83. The van der Waals surface area contributed by atoms with Crippen LogP contribution in [-0.2, 0) is 0 Å². The fraction of sp³-hybridized carbons (Fsp3) is 0.462. The minimum atomic E-state index is 0.176. The molecule has 94 valence electrons. The van der Waals surface area contributed by atoms with E-state index in [9.17, 15) is 0 Å². The molecule has 0 bridgehead atoms. The zero-order chi connectivity index (χ0) is 12.5. The van der Waals surface area contributed by atoms with E-state index in [1.165, 1.54) is 0 Å². The monoisotopic (exact) mass is 244 g/mol. The average Bonchev–Trinajstić information content (AvgIpc) is 2.98. The molecule has 18 heavy (non-hydrogen) atoms. The highest BCUT2D eigenvalue weighted by atomic mass is 16.5. The molecule has 3 heterocycles. The second-order valence-electron chi connectivity index (χ2n) is 4.82. The predicted molar refractivity (Wildman–Crippen MR) is 66.8 cm³/mol. The highest BCUT2D eigenvalue weighted by Gasteiger charge is 2.29. The van der Waals surface area contributed by atoms with Crippen molar-refractivity contribution in [2.75, 3.05) is 6.54 Å². The average molecular weight is 244 g/mol. The number of nitrogens with zero attached hydrogens (tertiary/aromatic N) is 3. The number of aromatic nitrogens is 3. The van der Waals surface area contributed by atoms with Gasteiger partial charge in [0.05, 0.1) is 6.04 Å². The SMILES string of the molecule is Cc1cccnc1-c1noc(C2NCCC2C)n1. The Morgan fingerprint density at radius 2 is 2.33 bits per heavy atom. The van der Waals surface area contributed by atoms with Gasteiger partial charge in [0.15, 0.2) is 0 Å². The minimum Gasteiger partial charge on any atom is -0.337 e. The third kappa shape index (κ3) is 1.90. The van der Waals surface area contributed by atoms with Gasteiger partial charge in [-0.2, -0.15) is 4.98 Å². The molecule has 0 aliphatic carbocycles. The molecule has 2 aromatic heterocycles. The van der Waals surface area contributed by atoms with Crippen LogP contribution >= 0.6 is 0 Å². The normalized spacial score (nSPS) is 23.4. The third-order valence-electron chi connectivity index (χ3n) is 3.46. The molecule has 5 nitrogen and oxygen atoms in total. The molecule has 5 heteroatoms. The topological polar surface area (TPSA) is 63.8 Å². The zero-order valence-electron chi connectivity index (χ0n) is 10.6. The number of hydrogen-bond donors (Lipinski definition) is 1. The van der Waals surface area contributed by atoms with Gasteiger partial charge in [0.25, 0.3) is 0 Å².